The second-order valence-electron chi connectivity index (χ2n) is 20.5. The Morgan fingerprint density at radius 2 is 1.19 bits per heavy atom. The maximum atomic E-state index is 6.42. The first-order valence-corrected chi connectivity index (χ1v) is 22.7. The minimum atomic E-state index is -0.146. The molecule has 0 amide bonds. The van der Waals surface area contributed by atoms with Gasteiger partial charge in [0.15, 0.2) is 7.28 Å². The van der Waals surface area contributed by atoms with Crippen molar-refractivity contribution in [2.24, 2.45) is 0 Å². The Morgan fingerprint density at radius 3 is 1.89 bits per heavy atom. The number of fused-ring (bicyclic) bond motifs is 12. The van der Waals surface area contributed by atoms with Gasteiger partial charge in [0, 0.05) is 60.7 Å². The molecule has 3 heterocycles. The molecule has 0 bridgehead atoms. The van der Waals surface area contributed by atoms with E-state index in [1.54, 1.807) is 0 Å². The normalized spacial score (nSPS) is 14.9. The lowest BCUT2D eigenvalue weighted by Gasteiger charge is -2.26. The molecule has 0 atom stereocenters. The molecule has 0 fully saturated rings. The smallest absolute Gasteiger partial charge is 0.198 e. The minimum absolute atomic E-state index is 0.0688. The van der Waals surface area contributed by atoms with E-state index in [2.05, 4.69) is 217 Å². The van der Waals surface area contributed by atoms with Crippen molar-refractivity contribution in [2.75, 3.05) is 5.32 Å². The van der Waals surface area contributed by atoms with Gasteiger partial charge in [0.1, 0.15) is 5.58 Å². The molecule has 2 aliphatic carbocycles. The molecule has 0 unspecified atom stereocenters. The van der Waals surface area contributed by atoms with Crippen molar-refractivity contribution in [3.8, 4) is 50.2 Å². The van der Waals surface area contributed by atoms with Crippen molar-refractivity contribution in [2.45, 2.75) is 64.7 Å². The molecule has 1 aliphatic heterocycles. The summed E-state index contributed by atoms with van der Waals surface area (Å²) in [7, 11) is 2.43. The molecule has 64 heavy (non-hydrogen) atoms. The number of hydrogen-bond donors (Lipinski definition) is 1. The summed E-state index contributed by atoms with van der Waals surface area (Å²) in [5.74, 6) is 0. The van der Waals surface area contributed by atoms with E-state index in [4.69, 9.17) is 4.42 Å². The summed E-state index contributed by atoms with van der Waals surface area (Å²) in [4.78, 5) is 0. The summed E-state index contributed by atoms with van der Waals surface area (Å²) >= 11 is 0. The second-order valence-corrected chi connectivity index (χ2v) is 20.5. The van der Waals surface area contributed by atoms with Crippen molar-refractivity contribution in [1.29, 1.82) is 0 Å². The van der Waals surface area contributed by atoms with Gasteiger partial charge in [-0.15, -0.1) is 0 Å². The Labute approximate surface area is 375 Å². The number of benzene rings is 8. The number of aromatic nitrogens is 1. The molecule has 13 rings (SSSR count). The van der Waals surface area contributed by atoms with Gasteiger partial charge in [0.2, 0.25) is 0 Å². The number of hydrogen-bond acceptors (Lipinski definition) is 2. The van der Waals surface area contributed by atoms with E-state index in [0.717, 1.165) is 38.9 Å². The van der Waals surface area contributed by atoms with Gasteiger partial charge in [0.05, 0.1) is 11.8 Å². The van der Waals surface area contributed by atoms with Crippen LogP contribution in [-0.4, -0.2) is 11.8 Å². The van der Waals surface area contributed by atoms with Crippen molar-refractivity contribution in [3.05, 3.63) is 186 Å². The fraction of sp³-hybridized carbons (Fsp3) is 0.167. The molecule has 2 aromatic heterocycles. The van der Waals surface area contributed by atoms with E-state index in [9.17, 15) is 0 Å². The molecule has 3 aliphatic rings. The number of nitrogens with one attached hydrogen (secondary N) is 1. The minimum Gasteiger partial charge on any atom is -0.464 e. The predicted octanol–water partition coefficient (Wildman–Crippen LogP) is 14.5. The van der Waals surface area contributed by atoms with E-state index >= 15 is 0 Å². The van der Waals surface area contributed by atoms with Gasteiger partial charge in [-0.05, 0) is 121 Å². The van der Waals surface area contributed by atoms with Crippen LogP contribution in [0.1, 0.15) is 76.3 Å². The molecule has 0 saturated carbocycles. The van der Waals surface area contributed by atoms with E-state index in [1.807, 2.05) is 6.26 Å². The van der Waals surface area contributed by atoms with Gasteiger partial charge in [-0.1, -0.05) is 157 Å². The maximum absolute atomic E-state index is 6.42. The Balaban J connectivity index is 1.10. The van der Waals surface area contributed by atoms with Crippen LogP contribution in [-0.2, 0) is 16.2 Å². The molecular formula is C60H48BN2O. The van der Waals surface area contributed by atoms with Gasteiger partial charge in [-0.3, -0.25) is 0 Å². The zero-order chi connectivity index (χ0) is 43.4. The largest absolute Gasteiger partial charge is 0.464 e. The highest BCUT2D eigenvalue weighted by atomic mass is 16.3. The number of anilines is 2. The van der Waals surface area contributed by atoms with E-state index in [-0.39, 0.29) is 16.2 Å². The lowest BCUT2D eigenvalue weighted by Crippen LogP contribution is -2.37. The third-order valence-corrected chi connectivity index (χ3v) is 15.1. The quantitative estimate of drug-likeness (QED) is 0.179. The van der Waals surface area contributed by atoms with Crippen molar-refractivity contribution < 1.29 is 4.42 Å². The summed E-state index contributed by atoms with van der Waals surface area (Å²) in [5, 5.41) is 7.62. The predicted molar refractivity (Wildman–Crippen MR) is 270 cm³/mol. The topological polar surface area (TPSA) is 30.1 Å². The van der Waals surface area contributed by atoms with Crippen LogP contribution in [0.4, 0.5) is 11.4 Å². The van der Waals surface area contributed by atoms with Crippen LogP contribution < -0.4 is 16.2 Å². The summed E-state index contributed by atoms with van der Waals surface area (Å²) in [6.45, 7) is 16.3. The molecule has 1 radical (unpaired) electrons. The van der Waals surface area contributed by atoms with Gasteiger partial charge >= 0.3 is 0 Å². The standard InChI is InChI=1S/C60H48BN2O/c1-58(2,3)35-21-23-36(24-22-35)62-52-30-49-41(37-17-11-13-19-47(37)59(49,4)5)27-43(52)39-25-26-40-44-28-42-38-18-12-14-20-48(38)60(6,7)50(42)31-53(44)63-54-29-45-46(34-15-9-8-10-16-34)33-64-55(45)32-51(54)61-56(39)57(40)63/h8-33,62H,1-7H3. The first-order chi connectivity index (χ1) is 30.9. The van der Waals surface area contributed by atoms with Crippen LogP contribution in [0.15, 0.2) is 162 Å². The third-order valence-electron chi connectivity index (χ3n) is 15.1. The molecular weight excluding hydrogens is 775 g/mol. The molecule has 8 aromatic carbocycles. The van der Waals surface area contributed by atoms with Gasteiger partial charge in [-0.2, -0.15) is 0 Å². The Bertz CT molecular complexity index is 3630. The highest BCUT2D eigenvalue weighted by Crippen LogP contribution is 2.54. The number of furan rings is 1. The molecule has 4 heteroatoms. The number of rotatable bonds is 4. The van der Waals surface area contributed by atoms with Crippen LogP contribution in [0, 0.1) is 0 Å². The average molecular weight is 824 g/mol. The summed E-state index contributed by atoms with van der Waals surface area (Å²) < 4.78 is 8.99. The SMILES string of the molecule is CC(C)(C)c1ccc(Nc2cc3c(cc2-c2ccc4c5cc6c(cc5n5c4c2[B]c2cc4occ(-c7ccccc7)c4cc2-5)C(C)(C)c2ccccc2-6)-c2ccccc2C3(C)C)cc1. The lowest BCUT2D eigenvalue weighted by atomic mass is 9.59. The van der Waals surface area contributed by atoms with Crippen LogP contribution in [0.2, 0.25) is 0 Å². The van der Waals surface area contributed by atoms with Gasteiger partial charge < -0.3 is 14.3 Å². The highest BCUT2D eigenvalue weighted by Gasteiger charge is 2.39. The molecule has 3 nitrogen and oxygen atoms in total. The highest BCUT2D eigenvalue weighted by molar-refractivity contribution is 6.73. The fourth-order valence-electron chi connectivity index (χ4n) is 11.6. The van der Waals surface area contributed by atoms with Crippen LogP contribution in [0.25, 0.3) is 83.0 Å². The summed E-state index contributed by atoms with van der Waals surface area (Å²) in [6, 6.07) is 56.9. The fourth-order valence-corrected chi connectivity index (χ4v) is 11.6. The van der Waals surface area contributed by atoms with E-state index < -0.39 is 0 Å². The Kier molecular flexibility index (Phi) is 7.50. The van der Waals surface area contributed by atoms with Crippen molar-refractivity contribution >= 4 is 62.4 Å². The molecule has 1 N–H and O–H groups in total. The average Bonchev–Trinajstić information content (AvgIpc) is 3.99. The van der Waals surface area contributed by atoms with Crippen molar-refractivity contribution in [3.63, 3.8) is 0 Å². The number of nitrogens with zero attached hydrogens (tertiary/aromatic N) is 1. The van der Waals surface area contributed by atoms with Gasteiger partial charge in [-0.25, -0.2) is 0 Å². The Hall–Kier alpha value is -7.04. The van der Waals surface area contributed by atoms with E-state index in [0.29, 0.717) is 0 Å². The van der Waals surface area contributed by atoms with Gasteiger partial charge in [0.25, 0.3) is 0 Å². The first-order valence-electron chi connectivity index (χ1n) is 22.7. The monoisotopic (exact) mass is 823 g/mol. The summed E-state index contributed by atoms with van der Waals surface area (Å²) in [6.07, 6.45) is 1.93. The van der Waals surface area contributed by atoms with Crippen molar-refractivity contribution in [1.82, 2.24) is 4.57 Å². The molecule has 307 valence electrons. The van der Waals surface area contributed by atoms with Crippen LogP contribution in [0.3, 0.4) is 0 Å². The first kappa shape index (κ1) is 37.5. The lowest BCUT2D eigenvalue weighted by molar-refractivity contribution is 0.590. The third kappa shape index (κ3) is 5.11. The summed E-state index contributed by atoms with van der Waals surface area (Å²) in [5.41, 5.74) is 25.6. The second kappa shape index (κ2) is 12.8. The zero-order valence-electron chi connectivity index (χ0n) is 37.4. The zero-order valence-corrected chi connectivity index (χ0v) is 37.4. The van der Waals surface area contributed by atoms with Crippen LogP contribution in [0.5, 0.6) is 0 Å². The molecule has 0 spiro atoms. The molecule has 10 aromatic rings. The Morgan fingerprint density at radius 1 is 0.531 bits per heavy atom. The molecule has 0 saturated heterocycles. The maximum Gasteiger partial charge on any atom is 0.198 e. The van der Waals surface area contributed by atoms with E-state index in [1.165, 1.54) is 94.2 Å². The van der Waals surface area contributed by atoms with Crippen LogP contribution >= 0.6 is 0 Å².